The molecule has 0 saturated carbocycles. The summed E-state index contributed by atoms with van der Waals surface area (Å²) in [7, 11) is 1.36. The van der Waals surface area contributed by atoms with E-state index in [4.69, 9.17) is 4.74 Å². The van der Waals surface area contributed by atoms with Gasteiger partial charge in [-0.3, -0.25) is 10.1 Å². The molecular weight excluding hydrogens is 308 g/mol. The van der Waals surface area contributed by atoms with Gasteiger partial charge in [0.1, 0.15) is 5.69 Å². The van der Waals surface area contributed by atoms with Crippen molar-refractivity contribution in [3.05, 3.63) is 52.3 Å². The number of ether oxygens (including phenoxy) is 1. The molecule has 0 amide bonds. The lowest BCUT2D eigenvalue weighted by atomic mass is 10.1. The monoisotopic (exact) mass is 330 g/mol. The Morgan fingerprint density at radius 3 is 2.46 bits per heavy atom. The van der Waals surface area contributed by atoms with E-state index in [0.29, 0.717) is 5.69 Å². The van der Waals surface area contributed by atoms with Crippen molar-refractivity contribution in [2.24, 2.45) is 0 Å². The number of hydrogen-bond acceptors (Lipinski definition) is 4. The highest BCUT2D eigenvalue weighted by Crippen LogP contribution is 2.25. The normalized spacial score (nSPS) is 10.6. The minimum absolute atomic E-state index is 0.0472. The summed E-state index contributed by atoms with van der Waals surface area (Å²) in [6, 6.07) is 8.08. The Bertz CT molecular complexity index is 704. The van der Waals surface area contributed by atoms with Crippen LogP contribution in [0.2, 0.25) is 0 Å². The van der Waals surface area contributed by atoms with Crippen LogP contribution in [0.4, 0.5) is 5.69 Å². The first-order valence-electron chi connectivity index (χ1n) is 8.10. The molecule has 1 aromatic carbocycles. The van der Waals surface area contributed by atoms with Gasteiger partial charge in [-0.05, 0) is 30.2 Å². The third-order valence-corrected chi connectivity index (χ3v) is 3.96. The SMILES string of the molecule is CCCCCCn1cc(-c2ccc([N+](=O)[O-])cc2)cc1C(=O)OC. The molecule has 128 valence electrons. The van der Waals surface area contributed by atoms with E-state index in [1.807, 2.05) is 10.8 Å². The number of methoxy groups -OCH3 is 1. The van der Waals surface area contributed by atoms with Crippen molar-refractivity contribution < 1.29 is 14.5 Å². The van der Waals surface area contributed by atoms with Gasteiger partial charge in [0, 0.05) is 30.4 Å². The number of aryl methyl sites for hydroxylation is 1. The van der Waals surface area contributed by atoms with E-state index in [2.05, 4.69) is 6.92 Å². The van der Waals surface area contributed by atoms with Gasteiger partial charge in [-0.1, -0.05) is 26.2 Å². The summed E-state index contributed by atoms with van der Waals surface area (Å²) in [6.45, 7) is 2.90. The lowest BCUT2D eigenvalue weighted by Gasteiger charge is -2.07. The average Bonchev–Trinajstić information content (AvgIpc) is 3.02. The Hall–Kier alpha value is -2.63. The van der Waals surface area contributed by atoms with Crippen LogP contribution in [-0.2, 0) is 11.3 Å². The van der Waals surface area contributed by atoms with E-state index in [0.717, 1.165) is 36.9 Å². The maximum Gasteiger partial charge on any atom is 0.354 e. The van der Waals surface area contributed by atoms with E-state index in [1.165, 1.54) is 25.7 Å². The maximum atomic E-state index is 12.0. The molecule has 0 bridgehead atoms. The Balaban J connectivity index is 2.25. The Morgan fingerprint density at radius 1 is 1.17 bits per heavy atom. The number of nitro groups is 1. The molecule has 1 heterocycles. The van der Waals surface area contributed by atoms with Crippen LogP contribution < -0.4 is 0 Å². The predicted molar refractivity (Wildman–Crippen MR) is 92.0 cm³/mol. The quantitative estimate of drug-likeness (QED) is 0.310. The van der Waals surface area contributed by atoms with Crippen molar-refractivity contribution in [3.8, 4) is 11.1 Å². The standard InChI is InChI=1S/C18H22N2O4/c1-3-4-5-6-11-19-13-15(12-17(19)18(21)24-2)14-7-9-16(10-8-14)20(22)23/h7-10,12-13H,3-6,11H2,1-2H3. The minimum atomic E-state index is -0.428. The second-order valence-electron chi connectivity index (χ2n) is 5.66. The molecule has 2 aromatic rings. The molecule has 0 spiro atoms. The summed E-state index contributed by atoms with van der Waals surface area (Å²) < 4.78 is 6.76. The molecule has 6 nitrogen and oxygen atoms in total. The highest BCUT2D eigenvalue weighted by Gasteiger charge is 2.15. The molecule has 0 fully saturated rings. The fraction of sp³-hybridized carbons (Fsp3) is 0.389. The molecule has 0 saturated heterocycles. The molecule has 2 rings (SSSR count). The third-order valence-electron chi connectivity index (χ3n) is 3.96. The van der Waals surface area contributed by atoms with E-state index in [9.17, 15) is 14.9 Å². The van der Waals surface area contributed by atoms with Gasteiger partial charge in [0.2, 0.25) is 0 Å². The van der Waals surface area contributed by atoms with Gasteiger partial charge in [0.25, 0.3) is 5.69 Å². The molecule has 24 heavy (non-hydrogen) atoms. The molecule has 6 heteroatoms. The van der Waals surface area contributed by atoms with Gasteiger partial charge in [0.15, 0.2) is 0 Å². The number of carbonyl (C=O) groups is 1. The summed E-state index contributed by atoms with van der Waals surface area (Å²) >= 11 is 0. The molecular formula is C18H22N2O4. The minimum Gasteiger partial charge on any atom is -0.464 e. The van der Waals surface area contributed by atoms with Crippen molar-refractivity contribution in [2.45, 2.75) is 39.2 Å². The first-order valence-corrected chi connectivity index (χ1v) is 8.10. The molecule has 0 atom stereocenters. The molecule has 0 aliphatic carbocycles. The second-order valence-corrected chi connectivity index (χ2v) is 5.66. The molecule has 1 aromatic heterocycles. The molecule has 0 radical (unpaired) electrons. The summed E-state index contributed by atoms with van der Waals surface area (Å²) in [6.07, 6.45) is 6.33. The van der Waals surface area contributed by atoms with Crippen LogP contribution in [0, 0.1) is 10.1 Å². The van der Waals surface area contributed by atoms with Gasteiger partial charge in [0.05, 0.1) is 12.0 Å². The van der Waals surface area contributed by atoms with Gasteiger partial charge < -0.3 is 9.30 Å². The number of hydrogen-bond donors (Lipinski definition) is 0. The first kappa shape index (κ1) is 17.7. The van der Waals surface area contributed by atoms with Crippen molar-refractivity contribution in [2.75, 3.05) is 7.11 Å². The van der Waals surface area contributed by atoms with Gasteiger partial charge >= 0.3 is 5.97 Å². The van der Waals surface area contributed by atoms with Crippen LogP contribution >= 0.6 is 0 Å². The van der Waals surface area contributed by atoms with Gasteiger partial charge in [-0.15, -0.1) is 0 Å². The van der Waals surface area contributed by atoms with E-state index in [1.54, 1.807) is 18.2 Å². The van der Waals surface area contributed by atoms with E-state index >= 15 is 0 Å². The van der Waals surface area contributed by atoms with Crippen LogP contribution in [0.1, 0.15) is 43.1 Å². The maximum absolute atomic E-state index is 12.0. The molecule has 0 aliphatic rings. The topological polar surface area (TPSA) is 74.4 Å². The number of carbonyl (C=O) groups excluding carboxylic acids is 1. The zero-order valence-corrected chi connectivity index (χ0v) is 14.0. The zero-order chi connectivity index (χ0) is 17.5. The summed E-state index contributed by atoms with van der Waals surface area (Å²) in [4.78, 5) is 22.3. The number of nitrogens with zero attached hydrogens (tertiary/aromatic N) is 2. The summed E-state index contributed by atoms with van der Waals surface area (Å²) in [5, 5.41) is 10.7. The van der Waals surface area contributed by atoms with Crippen molar-refractivity contribution in [1.82, 2.24) is 4.57 Å². The lowest BCUT2D eigenvalue weighted by molar-refractivity contribution is -0.384. The van der Waals surface area contributed by atoms with Crippen molar-refractivity contribution in [1.29, 1.82) is 0 Å². The van der Waals surface area contributed by atoms with E-state index < -0.39 is 4.92 Å². The highest BCUT2D eigenvalue weighted by molar-refractivity contribution is 5.89. The van der Waals surface area contributed by atoms with Crippen LogP contribution in [0.5, 0.6) is 0 Å². The van der Waals surface area contributed by atoms with Gasteiger partial charge in [-0.25, -0.2) is 4.79 Å². The fourth-order valence-corrected chi connectivity index (χ4v) is 2.61. The fourth-order valence-electron chi connectivity index (χ4n) is 2.61. The van der Waals surface area contributed by atoms with Crippen LogP contribution in [-0.4, -0.2) is 22.6 Å². The number of non-ortho nitro benzene ring substituents is 1. The molecule has 0 aliphatic heterocycles. The Morgan fingerprint density at radius 2 is 1.88 bits per heavy atom. The number of nitro benzene ring substituents is 1. The van der Waals surface area contributed by atoms with Crippen LogP contribution in [0.15, 0.2) is 36.5 Å². The van der Waals surface area contributed by atoms with E-state index in [-0.39, 0.29) is 11.7 Å². The number of aromatic nitrogens is 1. The second kappa shape index (κ2) is 8.29. The van der Waals surface area contributed by atoms with Crippen LogP contribution in [0.3, 0.4) is 0 Å². The number of benzene rings is 1. The lowest BCUT2D eigenvalue weighted by Crippen LogP contribution is -2.10. The largest absolute Gasteiger partial charge is 0.464 e. The van der Waals surface area contributed by atoms with Crippen molar-refractivity contribution in [3.63, 3.8) is 0 Å². The predicted octanol–water partition coefficient (Wildman–Crippen LogP) is 4.43. The smallest absolute Gasteiger partial charge is 0.354 e. The number of esters is 1. The average molecular weight is 330 g/mol. The van der Waals surface area contributed by atoms with Gasteiger partial charge in [-0.2, -0.15) is 0 Å². The summed E-state index contributed by atoms with van der Waals surface area (Å²) in [5.74, 6) is -0.376. The highest BCUT2D eigenvalue weighted by atomic mass is 16.6. The summed E-state index contributed by atoms with van der Waals surface area (Å²) in [5.41, 5.74) is 2.23. The molecule has 0 N–H and O–H groups in total. The zero-order valence-electron chi connectivity index (χ0n) is 14.0. The van der Waals surface area contributed by atoms with Crippen molar-refractivity contribution >= 4 is 11.7 Å². The number of rotatable bonds is 8. The Labute approximate surface area is 141 Å². The first-order chi connectivity index (χ1) is 11.6. The molecule has 0 unspecified atom stereocenters. The Kier molecular flexibility index (Phi) is 6.12. The van der Waals surface area contributed by atoms with Crippen LogP contribution in [0.25, 0.3) is 11.1 Å². The number of unbranched alkanes of at least 4 members (excludes halogenated alkanes) is 3. The third kappa shape index (κ3) is 4.22.